The van der Waals surface area contributed by atoms with Crippen LogP contribution in [0.2, 0.25) is 0 Å². The van der Waals surface area contributed by atoms with Crippen molar-refractivity contribution in [2.75, 3.05) is 33.0 Å². The molecule has 12 nitrogen and oxygen atoms in total. The first-order valence-corrected chi connectivity index (χ1v) is 20.5. The van der Waals surface area contributed by atoms with E-state index < -0.39 is 54.3 Å². The molecular formula is C44H54O12. The number of hydrogen-bond donors (Lipinski definition) is 6. The van der Waals surface area contributed by atoms with Crippen LogP contribution in [0.3, 0.4) is 0 Å². The number of benzene rings is 2. The number of aliphatic hydroxyl groups excluding tert-OH is 4. The van der Waals surface area contributed by atoms with Gasteiger partial charge in [-0.3, -0.25) is 4.79 Å². The van der Waals surface area contributed by atoms with Gasteiger partial charge in [-0.25, -0.2) is 4.79 Å². The van der Waals surface area contributed by atoms with Crippen LogP contribution >= 0.6 is 0 Å². The summed E-state index contributed by atoms with van der Waals surface area (Å²) in [6.45, 7) is 4.00. The minimum Gasteiger partial charge on any atom is -0.506 e. The molecule has 12 heteroatoms. The van der Waals surface area contributed by atoms with Crippen molar-refractivity contribution in [3.05, 3.63) is 57.7 Å². The van der Waals surface area contributed by atoms with Crippen molar-refractivity contribution in [3.8, 4) is 11.5 Å². The average Bonchev–Trinajstić information content (AvgIpc) is 3.77. The third-order valence-corrected chi connectivity index (χ3v) is 15.1. The Labute approximate surface area is 326 Å². The van der Waals surface area contributed by atoms with Gasteiger partial charge in [-0.15, -0.1) is 0 Å². The molecule has 9 rings (SSSR count). The molecule has 0 bridgehead atoms. The Morgan fingerprint density at radius 2 is 1.84 bits per heavy atom. The maximum absolute atomic E-state index is 12.6. The minimum absolute atomic E-state index is 0.0368. The number of phenols is 1. The van der Waals surface area contributed by atoms with Crippen LogP contribution in [0.15, 0.2) is 41.0 Å². The highest BCUT2D eigenvalue weighted by atomic mass is 16.7. The van der Waals surface area contributed by atoms with Crippen molar-refractivity contribution in [1.29, 1.82) is 0 Å². The zero-order valence-corrected chi connectivity index (χ0v) is 32.2. The molecule has 2 aromatic carbocycles. The molecule has 6 N–H and O–H groups in total. The van der Waals surface area contributed by atoms with Crippen molar-refractivity contribution in [2.45, 2.75) is 108 Å². The van der Waals surface area contributed by atoms with E-state index in [-0.39, 0.29) is 58.1 Å². The van der Waals surface area contributed by atoms with Crippen LogP contribution in [0.1, 0.15) is 97.4 Å². The number of rotatable bonds is 8. The lowest BCUT2D eigenvalue weighted by Gasteiger charge is -2.64. The van der Waals surface area contributed by atoms with Gasteiger partial charge >= 0.3 is 5.97 Å². The number of aromatic carboxylic acids is 1. The van der Waals surface area contributed by atoms with Gasteiger partial charge in [0.25, 0.3) is 0 Å². The number of aryl methyl sites for hydroxylation is 1. The second-order valence-electron chi connectivity index (χ2n) is 18.0. The summed E-state index contributed by atoms with van der Waals surface area (Å²) in [4.78, 5) is 24.8. The first-order valence-electron chi connectivity index (χ1n) is 20.5. The molecule has 3 saturated carbocycles. The lowest BCUT2D eigenvalue weighted by Crippen LogP contribution is -2.70. The second-order valence-corrected chi connectivity index (χ2v) is 18.0. The third-order valence-electron chi connectivity index (χ3n) is 15.1. The van der Waals surface area contributed by atoms with E-state index in [1.54, 1.807) is 13.0 Å². The Morgan fingerprint density at radius 1 is 1.05 bits per heavy atom. The predicted octanol–water partition coefficient (Wildman–Crippen LogP) is 4.98. The van der Waals surface area contributed by atoms with Crippen molar-refractivity contribution in [2.24, 2.45) is 34.5 Å². The van der Waals surface area contributed by atoms with Gasteiger partial charge in [0.2, 0.25) is 6.29 Å². The molecule has 5 fully saturated rings. The molecule has 7 aliphatic rings. The number of carbonyl (C=O) groups excluding carboxylic acids is 1. The minimum atomic E-state index is -1.71. The molecule has 302 valence electrons. The van der Waals surface area contributed by atoms with Crippen molar-refractivity contribution >= 4 is 22.5 Å². The van der Waals surface area contributed by atoms with Gasteiger partial charge in [0.05, 0.1) is 36.3 Å². The summed E-state index contributed by atoms with van der Waals surface area (Å²) in [7, 11) is 0. The molecule has 2 saturated heterocycles. The van der Waals surface area contributed by atoms with Gasteiger partial charge < -0.3 is 49.6 Å². The van der Waals surface area contributed by atoms with E-state index in [2.05, 4.69) is 6.08 Å². The molecule has 2 spiro atoms. The molecule has 0 aromatic heterocycles. The number of fused-ring (bicyclic) bond motifs is 3. The van der Waals surface area contributed by atoms with Crippen LogP contribution in [0.25, 0.3) is 10.8 Å². The Hall–Kier alpha value is -3.36. The number of carboxylic acid groups (broad SMARTS) is 1. The predicted molar refractivity (Wildman–Crippen MR) is 202 cm³/mol. The van der Waals surface area contributed by atoms with E-state index in [9.17, 15) is 40.2 Å². The fourth-order valence-electron chi connectivity index (χ4n) is 13.1. The van der Waals surface area contributed by atoms with E-state index in [1.165, 1.54) is 55.9 Å². The number of hydrogen-bond acceptors (Lipinski definition) is 11. The van der Waals surface area contributed by atoms with E-state index in [0.717, 1.165) is 24.8 Å². The standard InChI is InChI=1S/C44H54O12/c1-22-12-25-13-26(40(51)52)14-31(35(25)37(48)33(22)23(2)47)55-41-38(49)39(50)44(32(18-46)56-41)17-28-29-16-42(8-3-4-9-42)15-27-19-53-21-43(36(27)29,10-5-11-45)30-7-6-24(20-54-44)34(28)30/h7,12-14,27-29,32,36,38-39,41,45-46,48-50H,3-6,8-11,15-21H2,1-2H3,(H,51,52). The lowest BCUT2D eigenvalue weighted by molar-refractivity contribution is -0.326. The van der Waals surface area contributed by atoms with Crippen LogP contribution in [0.4, 0.5) is 0 Å². The summed E-state index contributed by atoms with van der Waals surface area (Å²) in [6.07, 6.45) is 5.79. The van der Waals surface area contributed by atoms with Gasteiger partial charge in [0.1, 0.15) is 35.4 Å². The number of ketones is 1. The quantitative estimate of drug-likeness (QED) is 0.198. The summed E-state index contributed by atoms with van der Waals surface area (Å²) in [5.74, 6) is -1.36. The topological polar surface area (TPSA) is 192 Å². The molecular weight excluding hydrogens is 720 g/mol. The van der Waals surface area contributed by atoms with Crippen molar-refractivity contribution < 1.29 is 59.2 Å². The van der Waals surface area contributed by atoms with Gasteiger partial charge in [-0.1, -0.05) is 25.0 Å². The normalized spacial score (nSPS) is 37.0. The van der Waals surface area contributed by atoms with Gasteiger partial charge in [0.15, 0.2) is 5.78 Å². The number of phenolic OH excluding ortho intramolecular Hbond substituents is 1. The fourth-order valence-corrected chi connectivity index (χ4v) is 13.1. The van der Waals surface area contributed by atoms with Gasteiger partial charge in [-0.2, -0.15) is 0 Å². The molecule has 4 aliphatic carbocycles. The Morgan fingerprint density at radius 3 is 2.55 bits per heavy atom. The molecule has 10 atom stereocenters. The van der Waals surface area contributed by atoms with Crippen LogP contribution in [-0.4, -0.2) is 106 Å². The zero-order valence-electron chi connectivity index (χ0n) is 32.2. The van der Waals surface area contributed by atoms with E-state index in [1.807, 2.05) is 0 Å². The number of aromatic hydroxyl groups is 1. The molecule has 56 heavy (non-hydrogen) atoms. The van der Waals surface area contributed by atoms with Crippen LogP contribution in [-0.2, 0) is 14.2 Å². The number of Topliss-reactive ketones (excluding diaryl/α,β-unsaturated/α-hetero) is 1. The Balaban J connectivity index is 1.10. The summed E-state index contributed by atoms with van der Waals surface area (Å²) in [6, 6.07) is 4.14. The largest absolute Gasteiger partial charge is 0.506 e. The van der Waals surface area contributed by atoms with E-state index >= 15 is 0 Å². The van der Waals surface area contributed by atoms with Gasteiger partial charge in [0, 0.05) is 18.6 Å². The highest BCUT2D eigenvalue weighted by Gasteiger charge is 2.67. The fraction of sp³-hybridized carbons (Fsp3) is 0.636. The number of ether oxygens (including phenoxy) is 4. The van der Waals surface area contributed by atoms with E-state index in [4.69, 9.17) is 18.9 Å². The van der Waals surface area contributed by atoms with Crippen LogP contribution < -0.4 is 4.74 Å². The van der Waals surface area contributed by atoms with Crippen molar-refractivity contribution in [1.82, 2.24) is 0 Å². The van der Waals surface area contributed by atoms with E-state index in [0.29, 0.717) is 55.3 Å². The van der Waals surface area contributed by atoms with Gasteiger partial charge in [-0.05, 0) is 134 Å². The molecule has 3 aliphatic heterocycles. The molecule has 2 aromatic rings. The molecule has 0 radical (unpaired) electrons. The Kier molecular flexibility index (Phi) is 9.47. The second kappa shape index (κ2) is 13.9. The summed E-state index contributed by atoms with van der Waals surface area (Å²) in [5.41, 5.74) is 2.49. The monoisotopic (exact) mass is 774 g/mol. The summed E-state index contributed by atoms with van der Waals surface area (Å²) in [5, 5.41) is 67.2. The van der Waals surface area contributed by atoms with Crippen LogP contribution in [0, 0.1) is 41.4 Å². The lowest BCUT2D eigenvalue weighted by atomic mass is 9.43. The van der Waals surface area contributed by atoms with Crippen molar-refractivity contribution in [3.63, 3.8) is 0 Å². The molecule has 10 unspecified atom stereocenters. The highest BCUT2D eigenvalue weighted by Crippen LogP contribution is 2.70. The number of allylic oxidation sites excluding steroid dienone is 2. The first-order chi connectivity index (χ1) is 26.9. The molecule has 0 amide bonds. The SMILES string of the molecule is CC(=O)c1c(C)cc2cc(C(=O)O)cc(OC3OC(CO)C4(CC5C6=C(CC=C6C6(CCCO)COCC7CC8(CCCC8)CC5C76)CO4)C(O)C3O)c2c1O. The third kappa shape index (κ3) is 5.57. The average molecular weight is 775 g/mol. The zero-order chi connectivity index (χ0) is 39.3. The molecule has 3 heterocycles. The number of carboxylic acids is 1. The highest BCUT2D eigenvalue weighted by molar-refractivity contribution is 6.08. The first kappa shape index (κ1) is 38.2. The maximum Gasteiger partial charge on any atom is 0.335 e. The number of carbonyl (C=O) groups is 2. The maximum atomic E-state index is 12.6. The van der Waals surface area contributed by atoms with Crippen LogP contribution in [0.5, 0.6) is 11.5 Å². The summed E-state index contributed by atoms with van der Waals surface area (Å²) >= 11 is 0. The number of aliphatic hydroxyl groups is 4. The summed E-state index contributed by atoms with van der Waals surface area (Å²) < 4.78 is 25.9. The smallest absolute Gasteiger partial charge is 0.335 e. The Bertz CT molecular complexity index is 2010.